The van der Waals surface area contributed by atoms with Gasteiger partial charge in [0.15, 0.2) is 11.5 Å². The van der Waals surface area contributed by atoms with E-state index in [0.717, 1.165) is 18.4 Å². The van der Waals surface area contributed by atoms with E-state index >= 15 is 0 Å². The Kier molecular flexibility index (Phi) is 5.74. The minimum absolute atomic E-state index is 0.131. The third-order valence-corrected chi connectivity index (χ3v) is 5.25. The van der Waals surface area contributed by atoms with Crippen LogP contribution < -0.4 is 9.47 Å². The summed E-state index contributed by atoms with van der Waals surface area (Å²) in [6.07, 6.45) is 5.78. The molecular weight excluding hydrogens is 378 g/mol. The van der Waals surface area contributed by atoms with E-state index in [1.54, 1.807) is 18.2 Å². The van der Waals surface area contributed by atoms with E-state index in [1.165, 1.54) is 44.6 Å². The van der Waals surface area contributed by atoms with E-state index in [9.17, 15) is 8.78 Å². The highest BCUT2D eigenvalue weighted by atomic mass is 19.1. The van der Waals surface area contributed by atoms with Crippen LogP contribution in [0.1, 0.15) is 49.5 Å². The van der Waals surface area contributed by atoms with E-state index in [2.05, 4.69) is 10.1 Å². The summed E-state index contributed by atoms with van der Waals surface area (Å²) in [5.41, 5.74) is 0.589. The molecule has 1 aliphatic carbocycles. The molecule has 0 N–H and O–H groups in total. The maximum Gasteiger partial charge on any atom is 0.230 e. The quantitative estimate of drug-likeness (QED) is 0.535. The molecule has 29 heavy (non-hydrogen) atoms. The highest BCUT2D eigenvalue weighted by Crippen LogP contribution is 2.35. The van der Waals surface area contributed by atoms with Crippen LogP contribution in [0.25, 0.3) is 11.4 Å². The Morgan fingerprint density at radius 2 is 1.79 bits per heavy atom. The van der Waals surface area contributed by atoms with Gasteiger partial charge in [-0.25, -0.2) is 8.78 Å². The van der Waals surface area contributed by atoms with Crippen molar-refractivity contribution in [3.8, 4) is 22.9 Å². The lowest BCUT2D eigenvalue weighted by molar-refractivity contribution is 0.274. The van der Waals surface area contributed by atoms with E-state index in [1.807, 2.05) is 0 Å². The van der Waals surface area contributed by atoms with Crippen molar-refractivity contribution in [3.05, 3.63) is 59.5 Å². The second-order valence-corrected chi connectivity index (χ2v) is 7.15. The number of rotatable bonds is 6. The molecule has 1 heterocycles. The first-order chi connectivity index (χ1) is 14.2. The summed E-state index contributed by atoms with van der Waals surface area (Å²) >= 11 is 0. The molecule has 3 aromatic rings. The Morgan fingerprint density at radius 3 is 2.52 bits per heavy atom. The molecule has 0 bridgehead atoms. The molecule has 1 fully saturated rings. The molecule has 0 atom stereocenters. The fraction of sp³-hybridized carbons (Fsp3) is 0.364. The summed E-state index contributed by atoms with van der Waals surface area (Å²) in [6, 6.07) is 8.87. The predicted molar refractivity (Wildman–Crippen MR) is 103 cm³/mol. The first-order valence-corrected chi connectivity index (χ1v) is 9.73. The Labute approximate surface area is 167 Å². The standard InChI is InChI=1S/C22H22F2N2O3/c1-27-20-12-15(21-25-22(29-26-21)14-6-3-2-4-7-14)10-11-19(20)28-13-16-17(23)8-5-9-18(16)24/h5,8-12,14H,2-4,6-7,13H2,1H3. The fourth-order valence-corrected chi connectivity index (χ4v) is 3.61. The summed E-state index contributed by atoms with van der Waals surface area (Å²) in [5, 5.41) is 4.10. The van der Waals surface area contributed by atoms with Crippen molar-refractivity contribution in [2.75, 3.05) is 7.11 Å². The van der Waals surface area contributed by atoms with Crippen molar-refractivity contribution in [2.45, 2.75) is 44.6 Å². The van der Waals surface area contributed by atoms with Gasteiger partial charge in [-0.2, -0.15) is 4.98 Å². The van der Waals surface area contributed by atoms with E-state index in [0.29, 0.717) is 29.1 Å². The van der Waals surface area contributed by atoms with Crippen LogP contribution >= 0.6 is 0 Å². The summed E-state index contributed by atoms with van der Waals surface area (Å²) in [6.45, 7) is -0.248. The lowest BCUT2D eigenvalue weighted by Crippen LogP contribution is -2.04. The van der Waals surface area contributed by atoms with Crippen LogP contribution in [-0.2, 0) is 6.61 Å². The van der Waals surface area contributed by atoms with Crippen molar-refractivity contribution in [2.24, 2.45) is 0 Å². The number of aromatic nitrogens is 2. The SMILES string of the molecule is COc1cc(-c2noc(C3CCCCC3)n2)ccc1OCc1c(F)cccc1F. The van der Waals surface area contributed by atoms with Crippen LogP contribution in [0.3, 0.4) is 0 Å². The lowest BCUT2D eigenvalue weighted by atomic mass is 9.89. The second-order valence-electron chi connectivity index (χ2n) is 7.15. The van der Waals surface area contributed by atoms with Crippen molar-refractivity contribution in [3.63, 3.8) is 0 Å². The van der Waals surface area contributed by atoms with Gasteiger partial charge >= 0.3 is 0 Å². The molecule has 4 rings (SSSR count). The summed E-state index contributed by atoms with van der Waals surface area (Å²) in [4.78, 5) is 4.55. The van der Waals surface area contributed by atoms with Gasteiger partial charge in [-0.15, -0.1) is 0 Å². The van der Waals surface area contributed by atoms with Crippen molar-refractivity contribution in [1.29, 1.82) is 0 Å². The van der Waals surface area contributed by atoms with Gasteiger partial charge < -0.3 is 14.0 Å². The van der Waals surface area contributed by atoms with Crippen LogP contribution in [0.2, 0.25) is 0 Å². The molecule has 0 unspecified atom stereocenters. The fourth-order valence-electron chi connectivity index (χ4n) is 3.61. The van der Waals surface area contributed by atoms with Crippen molar-refractivity contribution >= 4 is 0 Å². The van der Waals surface area contributed by atoms with Crippen molar-refractivity contribution in [1.82, 2.24) is 10.1 Å². The van der Waals surface area contributed by atoms with Gasteiger partial charge in [0.1, 0.15) is 18.2 Å². The number of hydrogen-bond acceptors (Lipinski definition) is 5. The number of ether oxygens (including phenoxy) is 2. The Bertz CT molecular complexity index is 964. The third kappa shape index (κ3) is 4.23. The number of benzene rings is 2. The summed E-state index contributed by atoms with van der Waals surface area (Å²) in [7, 11) is 1.50. The Morgan fingerprint density at radius 1 is 1.03 bits per heavy atom. The maximum atomic E-state index is 13.8. The molecular formula is C22H22F2N2O3. The average Bonchev–Trinajstić information content (AvgIpc) is 3.24. The Balaban J connectivity index is 1.51. The minimum Gasteiger partial charge on any atom is -0.493 e. The average molecular weight is 400 g/mol. The molecule has 5 nitrogen and oxygen atoms in total. The molecule has 0 saturated heterocycles. The molecule has 0 radical (unpaired) electrons. The van der Waals surface area contributed by atoms with E-state index in [-0.39, 0.29) is 12.2 Å². The van der Waals surface area contributed by atoms with Crippen LogP contribution in [0, 0.1) is 11.6 Å². The molecule has 2 aromatic carbocycles. The zero-order valence-corrected chi connectivity index (χ0v) is 16.2. The molecule has 7 heteroatoms. The minimum atomic E-state index is -0.650. The van der Waals surface area contributed by atoms with Gasteiger partial charge in [0.25, 0.3) is 0 Å². The zero-order valence-electron chi connectivity index (χ0n) is 16.2. The van der Waals surface area contributed by atoms with Gasteiger partial charge in [0.2, 0.25) is 11.7 Å². The summed E-state index contributed by atoms with van der Waals surface area (Å²) < 4.78 is 44.1. The zero-order chi connectivity index (χ0) is 20.2. The normalized spacial score (nSPS) is 14.7. The third-order valence-electron chi connectivity index (χ3n) is 5.25. The number of halogens is 2. The largest absolute Gasteiger partial charge is 0.493 e. The lowest BCUT2D eigenvalue weighted by Gasteiger charge is -2.17. The van der Waals surface area contributed by atoms with Gasteiger partial charge in [-0.1, -0.05) is 30.5 Å². The first kappa shape index (κ1) is 19.4. The van der Waals surface area contributed by atoms with Crippen LogP contribution in [0.5, 0.6) is 11.5 Å². The second kappa shape index (κ2) is 8.59. The highest BCUT2D eigenvalue weighted by Gasteiger charge is 2.22. The number of hydrogen-bond donors (Lipinski definition) is 0. The highest BCUT2D eigenvalue weighted by molar-refractivity contribution is 5.60. The van der Waals surface area contributed by atoms with Crippen LogP contribution in [-0.4, -0.2) is 17.3 Å². The molecule has 0 spiro atoms. The van der Waals surface area contributed by atoms with Gasteiger partial charge in [-0.05, 0) is 43.2 Å². The first-order valence-electron chi connectivity index (χ1n) is 9.73. The Hall–Kier alpha value is -2.96. The smallest absolute Gasteiger partial charge is 0.230 e. The molecule has 1 saturated carbocycles. The molecule has 152 valence electrons. The van der Waals surface area contributed by atoms with Crippen molar-refractivity contribution < 1.29 is 22.8 Å². The summed E-state index contributed by atoms with van der Waals surface area (Å²) in [5.74, 6) is 0.971. The molecule has 1 aliphatic rings. The monoisotopic (exact) mass is 400 g/mol. The predicted octanol–water partition coefficient (Wildman–Crippen LogP) is 5.65. The number of methoxy groups -OCH3 is 1. The van der Waals surface area contributed by atoms with Gasteiger partial charge in [-0.3, -0.25) is 0 Å². The van der Waals surface area contributed by atoms with E-state index < -0.39 is 11.6 Å². The van der Waals surface area contributed by atoms with E-state index in [4.69, 9.17) is 14.0 Å². The molecule has 1 aromatic heterocycles. The molecule has 0 amide bonds. The van der Waals surface area contributed by atoms with Gasteiger partial charge in [0, 0.05) is 11.5 Å². The maximum absolute atomic E-state index is 13.8. The topological polar surface area (TPSA) is 57.4 Å². The molecule has 0 aliphatic heterocycles. The number of nitrogens with zero attached hydrogens (tertiary/aromatic N) is 2. The van der Waals surface area contributed by atoms with Crippen LogP contribution in [0.15, 0.2) is 40.9 Å². The van der Waals surface area contributed by atoms with Crippen LogP contribution in [0.4, 0.5) is 8.78 Å². The van der Waals surface area contributed by atoms with Gasteiger partial charge in [0.05, 0.1) is 12.7 Å².